The lowest BCUT2D eigenvalue weighted by atomic mass is 9.79. The van der Waals surface area contributed by atoms with E-state index in [0.717, 1.165) is 12.8 Å². The number of nitrogens with one attached hydrogen (secondary N) is 1. The Bertz CT molecular complexity index is 350. The Balaban J connectivity index is 1.82. The number of amides is 1. The summed E-state index contributed by atoms with van der Waals surface area (Å²) in [6.45, 7) is 3.89. The molecule has 1 aliphatic heterocycles. The van der Waals surface area contributed by atoms with E-state index < -0.39 is 0 Å². The van der Waals surface area contributed by atoms with Gasteiger partial charge in [0.1, 0.15) is 6.10 Å². The molecule has 1 heterocycles. The van der Waals surface area contributed by atoms with Crippen LogP contribution in [0, 0.1) is 23.7 Å². The summed E-state index contributed by atoms with van der Waals surface area (Å²) in [7, 11) is 0. The molecule has 0 spiro atoms. The van der Waals surface area contributed by atoms with Crippen molar-refractivity contribution in [3.05, 3.63) is 0 Å². The van der Waals surface area contributed by atoms with Crippen molar-refractivity contribution in [2.45, 2.75) is 38.8 Å². The fourth-order valence-electron chi connectivity index (χ4n) is 3.74. The maximum absolute atomic E-state index is 12.1. The molecule has 5 atom stereocenters. The van der Waals surface area contributed by atoms with Crippen molar-refractivity contribution in [3.63, 3.8) is 0 Å². The number of rotatable bonds is 2. The maximum Gasteiger partial charge on any atom is 0.310 e. The van der Waals surface area contributed by atoms with Crippen LogP contribution in [0.4, 0.5) is 0 Å². The van der Waals surface area contributed by atoms with Crippen LogP contribution in [0.1, 0.15) is 26.7 Å². The van der Waals surface area contributed by atoms with Gasteiger partial charge in [-0.2, -0.15) is 0 Å². The zero-order valence-electron chi connectivity index (χ0n) is 9.60. The molecule has 1 saturated heterocycles. The Kier molecular flexibility index (Phi) is 2.03. The van der Waals surface area contributed by atoms with Gasteiger partial charge in [0.05, 0.1) is 11.8 Å². The molecule has 2 bridgehead atoms. The molecule has 2 saturated carbocycles. The lowest BCUT2D eigenvalue weighted by molar-refractivity contribution is -0.146. The molecule has 16 heavy (non-hydrogen) atoms. The first-order chi connectivity index (χ1) is 7.58. The van der Waals surface area contributed by atoms with E-state index in [1.807, 2.05) is 13.8 Å². The van der Waals surface area contributed by atoms with Crippen LogP contribution < -0.4 is 5.32 Å². The average molecular weight is 223 g/mol. The van der Waals surface area contributed by atoms with Crippen LogP contribution >= 0.6 is 0 Å². The van der Waals surface area contributed by atoms with E-state index in [2.05, 4.69) is 5.32 Å². The lowest BCUT2D eigenvalue weighted by Gasteiger charge is -2.24. The summed E-state index contributed by atoms with van der Waals surface area (Å²) >= 11 is 0. The smallest absolute Gasteiger partial charge is 0.310 e. The van der Waals surface area contributed by atoms with Gasteiger partial charge in [0.2, 0.25) is 5.91 Å². The number of hydrogen-bond acceptors (Lipinski definition) is 3. The predicted octanol–water partition coefficient (Wildman–Crippen LogP) is 0.709. The molecule has 0 unspecified atom stereocenters. The molecule has 0 aromatic carbocycles. The molecule has 0 aromatic rings. The summed E-state index contributed by atoms with van der Waals surface area (Å²) in [6, 6.07) is 0.139. The van der Waals surface area contributed by atoms with Crippen molar-refractivity contribution in [2.24, 2.45) is 23.7 Å². The standard InChI is InChI=1S/C12H17NO3/c1-5(2)13-11(14)9-6-3-7-8(4-6)16-12(15)10(7)9/h5-10H,3-4H2,1-2H3,(H,13,14)/t6-,7+,8-,9-,10+/m1/s1. The second kappa shape index (κ2) is 3.22. The van der Waals surface area contributed by atoms with E-state index in [0.29, 0.717) is 11.8 Å². The van der Waals surface area contributed by atoms with Crippen molar-refractivity contribution in [3.8, 4) is 0 Å². The normalized spacial score (nSPS) is 43.9. The molecule has 0 aromatic heterocycles. The van der Waals surface area contributed by atoms with Crippen LogP contribution in [-0.4, -0.2) is 24.0 Å². The summed E-state index contributed by atoms with van der Waals surface area (Å²) < 4.78 is 5.31. The molecule has 3 fully saturated rings. The van der Waals surface area contributed by atoms with Gasteiger partial charge in [-0.15, -0.1) is 0 Å². The van der Waals surface area contributed by atoms with E-state index in [4.69, 9.17) is 4.74 Å². The second-order valence-electron chi connectivity index (χ2n) is 5.59. The molecule has 1 amide bonds. The first-order valence-electron chi connectivity index (χ1n) is 6.09. The Morgan fingerprint density at radius 3 is 2.88 bits per heavy atom. The molecule has 3 rings (SSSR count). The van der Waals surface area contributed by atoms with E-state index in [1.165, 1.54) is 0 Å². The Hall–Kier alpha value is -1.06. The molecule has 1 N–H and O–H groups in total. The molecular formula is C12H17NO3. The third kappa shape index (κ3) is 1.22. The number of fused-ring (bicyclic) bond motifs is 1. The minimum absolute atomic E-state index is 0.0461. The lowest BCUT2D eigenvalue weighted by Crippen LogP contribution is -2.42. The zero-order valence-corrected chi connectivity index (χ0v) is 9.60. The monoisotopic (exact) mass is 223 g/mol. The van der Waals surface area contributed by atoms with Gasteiger partial charge in [-0.25, -0.2) is 0 Å². The summed E-state index contributed by atoms with van der Waals surface area (Å²) in [5.41, 5.74) is 0. The number of esters is 1. The van der Waals surface area contributed by atoms with Gasteiger partial charge in [0, 0.05) is 12.0 Å². The molecule has 4 heteroatoms. The Labute approximate surface area is 94.7 Å². The fraction of sp³-hybridized carbons (Fsp3) is 0.833. The Morgan fingerprint density at radius 2 is 2.19 bits per heavy atom. The minimum atomic E-state index is -0.150. The van der Waals surface area contributed by atoms with Crippen molar-refractivity contribution < 1.29 is 14.3 Å². The van der Waals surface area contributed by atoms with E-state index in [-0.39, 0.29) is 35.9 Å². The summed E-state index contributed by atoms with van der Waals surface area (Å²) in [6.07, 6.45) is 2.01. The minimum Gasteiger partial charge on any atom is -0.462 e. The topological polar surface area (TPSA) is 55.4 Å². The third-order valence-electron chi connectivity index (χ3n) is 4.22. The first kappa shape index (κ1) is 10.1. The molecule has 0 radical (unpaired) electrons. The molecule has 2 aliphatic carbocycles. The van der Waals surface area contributed by atoms with Gasteiger partial charge < -0.3 is 10.1 Å². The largest absolute Gasteiger partial charge is 0.462 e. The molecule has 3 aliphatic rings. The van der Waals surface area contributed by atoms with Crippen LogP contribution in [0.2, 0.25) is 0 Å². The molecule has 4 nitrogen and oxygen atoms in total. The van der Waals surface area contributed by atoms with Gasteiger partial charge in [-0.05, 0) is 32.6 Å². The first-order valence-corrected chi connectivity index (χ1v) is 6.09. The van der Waals surface area contributed by atoms with Crippen LogP contribution in [0.5, 0.6) is 0 Å². The summed E-state index contributed by atoms with van der Waals surface area (Å²) in [5.74, 6) is 0.315. The highest BCUT2D eigenvalue weighted by Crippen LogP contribution is 2.57. The summed E-state index contributed by atoms with van der Waals surface area (Å²) in [5, 5.41) is 2.93. The highest BCUT2D eigenvalue weighted by molar-refractivity contribution is 5.88. The number of hydrogen-bond donors (Lipinski definition) is 1. The van der Waals surface area contributed by atoms with Crippen LogP contribution in [0.15, 0.2) is 0 Å². The third-order valence-corrected chi connectivity index (χ3v) is 4.22. The fourth-order valence-corrected chi connectivity index (χ4v) is 3.74. The van der Waals surface area contributed by atoms with Gasteiger partial charge >= 0.3 is 5.97 Å². The predicted molar refractivity (Wildman–Crippen MR) is 56.4 cm³/mol. The van der Waals surface area contributed by atoms with Crippen molar-refractivity contribution in [1.29, 1.82) is 0 Å². The number of carbonyl (C=O) groups excluding carboxylic acids is 2. The van der Waals surface area contributed by atoms with E-state index in [9.17, 15) is 9.59 Å². The Morgan fingerprint density at radius 1 is 1.44 bits per heavy atom. The zero-order chi connectivity index (χ0) is 11.4. The van der Waals surface area contributed by atoms with Crippen LogP contribution in [-0.2, 0) is 14.3 Å². The van der Waals surface area contributed by atoms with Crippen molar-refractivity contribution in [2.75, 3.05) is 0 Å². The molecule has 88 valence electrons. The number of ether oxygens (including phenoxy) is 1. The number of carbonyl (C=O) groups is 2. The SMILES string of the molecule is CC(C)NC(=O)[C@@H]1[C@@H]2C[C@@H]3[C@@H]1C(=O)O[C@@H]3C2. The van der Waals surface area contributed by atoms with Crippen molar-refractivity contribution in [1.82, 2.24) is 5.32 Å². The van der Waals surface area contributed by atoms with Gasteiger partial charge in [0.25, 0.3) is 0 Å². The maximum atomic E-state index is 12.1. The van der Waals surface area contributed by atoms with Crippen molar-refractivity contribution >= 4 is 11.9 Å². The van der Waals surface area contributed by atoms with Crippen LogP contribution in [0.3, 0.4) is 0 Å². The van der Waals surface area contributed by atoms with Gasteiger partial charge in [0.15, 0.2) is 0 Å². The van der Waals surface area contributed by atoms with Gasteiger partial charge in [-0.3, -0.25) is 9.59 Å². The highest BCUT2D eigenvalue weighted by atomic mass is 16.6. The molecular weight excluding hydrogens is 206 g/mol. The quantitative estimate of drug-likeness (QED) is 0.701. The highest BCUT2D eigenvalue weighted by Gasteiger charge is 2.63. The van der Waals surface area contributed by atoms with E-state index >= 15 is 0 Å². The van der Waals surface area contributed by atoms with E-state index in [1.54, 1.807) is 0 Å². The summed E-state index contributed by atoms with van der Waals surface area (Å²) in [4.78, 5) is 23.8. The van der Waals surface area contributed by atoms with Gasteiger partial charge in [-0.1, -0.05) is 0 Å². The van der Waals surface area contributed by atoms with Crippen LogP contribution in [0.25, 0.3) is 0 Å². The second-order valence-corrected chi connectivity index (χ2v) is 5.59. The average Bonchev–Trinajstić information content (AvgIpc) is 2.75.